The molecule has 0 saturated heterocycles. The maximum atomic E-state index is 13.4. The third-order valence-electron chi connectivity index (χ3n) is 3.51. The molecule has 0 fully saturated rings. The summed E-state index contributed by atoms with van der Waals surface area (Å²) < 4.78 is 14.5. The van der Waals surface area contributed by atoms with Crippen LogP contribution in [0.25, 0.3) is 0 Å². The van der Waals surface area contributed by atoms with E-state index in [1.165, 1.54) is 6.07 Å². The monoisotopic (exact) mass is 378 g/mol. The van der Waals surface area contributed by atoms with Crippen LogP contribution in [0.15, 0.2) is 46.9 Å². The molecule has 0 atom stereocenters. The summed E-state index contributed by atoms with van der Waals surface area (Å²) in [6.45, 7) is 3.02. The molecule has 0 aliphatic carbocycles. The van der Waals surface area contributed by atoms with Gasteiger partial charge in [0.25, 0.3) is 0 Å². The van der Waals surface area contributed by atoms with Crippen molar-refractivity contribution in [1.82, 2.24) is 5.32 Å². The number of hydrogen-bond acceptors (Lipinski definition) is 2. The molecule has 0 aliphatic rings. The average molecular weight is 379 g/mol. The molecule has 122 valence electrons. The van der Waals surface area contributed by atoms with Gasteiger partial charge in [0.1, 0.15) is 5.82 Å². The van der Waals surface area contributed by atoms with E-state index in [-0.39, 0.29) is 11.7 Å². The van der Waals surface area contributed by atoms with Gasteiger partial charge in [-0.05, 0) is 48.7 Å². The van der Waals surface area contributed by atoms with Crippen LogP contribution in [-0.4, -0.2) is 19.0 Å². The van der Waals surface area contributed by atoms with E-state index in [4.69, 9.17) is 0 Å². The number of hydrogen-bond donors (Lipinski definition) is 2. The summed E-state index contributed by atoms with van der Waals surface area (Å²) in [4.78, 5) is 11.8. The minimum Gasteiger partial charge on any atom is -0.385 e. The number of benzene rings is 2. The molecule has 23 heavy (non-hydrogen) atoms. The van der Waals surface area contributed by atoms with E-state index in [2.05, 4.69) is 26.6 Å². The molecule has 0 unspecified atom stereocenters. The number of rotatable bonds is 7. The molecule has 0 saturated carbocycles. The number of amides is 1. The van der Waals surface area contributed by atoms with E-state index in [0.717, 1.165) is 15.7 Å². The summed E-state index contributed by atoms with van der Waals surface area (Å²) in [5.41, 5.74) is 2.76. The van der Waals surface area contributed by atoms with Crippen LogP contribution in [0.4, 0.5) is 10.1 Å². The van der Waals surface area contributed by atoms with Crippen LogP contribution >= 0.6 is 15.9 Å². The topological polar surface area (TPSA) is 41.1 Å². The Kier molecular flexibility index (Phi) is 6.59. The van der Waals surface area contributed by atoms with Gasteiger partial charge in [-0.25, -0.2) is 4.39 Å². The zero-order valence-electron chi connectivity index (χ0n) is 13.0. The second-order valence-corrected chi connectivity index (χ2v) is 6.19. The summed E-state index contributed by atoms with van der Waals surface area (Å²) in [6, 6.07) is 12.6. The molecular weight excluding hydrogens is 359 g/mol. The van der Waals surface area contributed by atoms with E-state index in [0.29, 0.717) is 31.5 Å². The highest BCUT2D eigenvalue weighted by atomic mass is 79.9. The van der Waals surface area contributed by atoms with Crippen LogP contribution in [0.1, 0.15) is 17.5 Å². The number of aryl methyl sites for hydroxylation is 1. The highest BCUT2D eigenvalue weighted by molar-refractivity contribution is 9.10. The Labute approximate surface area is 144 Å². The van der Waals surface area contributed by atoms with E-state index in [1.807, 2.05) is 25.1 Å². The fourth-order valence-corrected chi connectivity index (χ4v) is 2.45. The minimum absolute atomic E-state index is 0.0392. The van der Waals surface area contributed by atoms with Crippen LogP contribution in [0.2, 0.25) is 0 Å². The largest absolute Gasteiger partial charge is 0.385 e. The summed E-state index contributed by atoms with van der Waals surface area (Å²) in [6.07, 6.45) is 0.879. The Morgan fingerprint density at radius 3 is 2.70 bits per heavy atom. The second kappa shape index (κ2) is 8.67. The molecule has 0 spiro atoms. The van der Waals surface area contributed by atoms with Crippen molar-refractivity contribution in [2.75, 3.05) is 18.4 Å². The molecule has 0 radical (unpaired) electrons. The maximum absolute atomic E-state index is 13.4. The van der Waals surface area contributed by atoms with Crippen molar-refractivity contribution >= 4 is 27.5 Å². The first-order valence-corrected chi connectivity index (χ1v) is 8.35. The Hall–Kier alpha value is -1.88. The Morgan fingerprint density at radius 2 is 1.96 bits per heavy atom. The number of anilines is 1. The minimum atomic E-state index is -0.228. The molecular formula is C18H20BrFN2O. The lowest BCUT2D eigenvalue weighted by atomic mass is 10.1. The highest BCUT2D eigenvalue weighted by Gasteiger charge is 2.04. The number of nitrogens with one attached hydrogen (secondary N) is 2. The van der Waals surface area contributed by atoms with Gasteiger partial charge >= 0.3 is 0 Å². The maximum Gasteiger partial charge on any atom is 0.221 e. The molecule has 0 aromatic heterocycles. The zero-order valence-corrected chi connectivity index (χ0v) is 14.6. The first kappa shape index (κ1) is 17.5. The highest BCUT2D eigenvalue weighted by Crippen LogP contribution is 2.19. The van der Waals surface area contributed by atoms with E-state index < -0.39 is 0 Å². The van der Waals surface area contributed by atoms with Crippen LogP contribution in [0.5, 0.6) is 0 Å². The molecule has 2 aromatic rings. The van der Waals surface area contributed by atoms with E-state index in [1.54, 1.807) is 18.2 Å². The fourth-order valence-electron chi connectivity index (χ4n) is 2.20. The van der Waals surface area contributed by atoms with Crippen molar-refractivity contribution in [3.8, 4) is 0 Å². The quantitative estimate of drug-likeness (QED) is 0.762. The molecule has 0 bridgehead atoms. The number of carbonyl (C=O) groups is 1. The van der Waals surface area contributed by atoms with E-state index in [9.17, 15) is 9.18 Å². The van der Waals surface area contributed by atoms with Gasteiger partial charge in [0.2, 0.25) is 5.91 Å². The molecule has 1 amide bonds. The van der Waals surface area contributed by atoms with Gasteiger partial charge in [0.15, 0.2) is 0 Å². The van der Waals surface area contributed by atoms with Gasteiger partial charge in [-0.3, -0.25) is 4.79 Å². The first-order valence-electron chi connectivity index (χ1n) is 7.56. The van der Waals surface area contributed by atoms with E-state index >= 15 is 0 Å². The van der Waals surface area contributed by atoms with Crippen LogP contribution < -0.4 is 10.6 Å². The van der Waals surface area contributed by atoms with Crippen molar-refractivity contribution < 1.29 is 9.18 Å². The number of carbonyl (C=O) groups excluding carboxylic acids is 1. The van der Waals surface area contributed by atoms with Crippen molar-refractivity contribution in [2.24, 2.45) is 0 Å². The predicted molar refractivity (Wildman–Crippen MR) is 95.1 cm³/mol. The van der Waals surface area contributed by atoms with Gasteiger partial charge in [-0.15, -0.1) is 0 Å². The van der Waals surface area contributed by atoms with Gasteiger partial charge in [-0.1, -0.05) is 34.1 Å². The van der Waals surface area contributed by atoms with Crippen LogP contribution in [-0.2, 0) is 11.2 Å². The third kappa shape index (κ3) is 5.67. The summed E-state index contributed by atoms with van der Waals surface area (Å²) in [5, 5.41) is 6.03. The second-order valence-electron chi connectivity index (χ2n) is 5.33. The Balaban J connectivity index is 1.67. The number of halogens is 2. The Morgan fingerprint density at radius 1 is 1.17 bits per heavy atom. The lowest BCUT2D eigenvalue weighted by molar-refractivity contribution is -0.120. The van der Waals surface area contributed by atoms with Crippen molar-refractivity contribution in [1.29, 1.82) is 0 Å². The Bertz CT molecular complexity index is 676. The van der Waals surface area contributed by atoms with Gasteiger partial charge < -0.3 is 10.6 Å². The smallest absolute Gasteiger partial charge is 0.221 e. The summed E-state index contributed by atoms with van der Waals surface area (Å²) in [7, 11) is 0. The first-order chi connectivity index (χ1) is 11.1. The lowest BCUT2D eigenvalue weighted by Gasteiger charge is -2.09. The zero-order chi connectivity index (χ0) is 16.7. The SMILES string of the molecule is Cc1cc(NCCC(=O)NCCc2ccccc2F)ccc1Br. The van der Waals surface area contributed by atoms with Crippen molar-refractivity contribution in [3.63, 3.8) is 0 Å². The lowest BCUT2D eigenvalue weighted by Crippen LogP contribution is -2.27. The van der Waals surface area contributed by atoms with Crippen LogP contribution in [0.3, 0.4) is 0 Å². The molecule has 3 nitrogen and oxygen atoms in total. The molecule has 2 N–H and O–H groups in total. The third-order valence-corrected chi connectivity index (χ3v) is 4.40. The van der Waals surface area contributed by atoms with Crippen molar-refractivity contribution in [3.05, 3.63) is 63.9 Å². The summed E-state index contributed by atoms with van der Waals surface area (Å²) in [5.74, 6) is -0.267. The fraction of sp³-hybridized carbons (Fsp3) is 0.278. The molecule has 5 heteroatoms. The normalized spacial score (nSPS) is 10.4. The van der Waals surface area contributed by atoms with Crippen LogP contribution in [0, 0.1) is 12.7 Å². The predicted octanol–water partition coefficient (Wildman–Crippen LogP) is 4.06. The summed E-state index contributed by atoms with van der Waals surface area (Å²) >= 11 is 3.45. The molecule has 2 rings (SSSR count). The van der Waals surface area contributed by atoms with Gasteiger partial charge in [-0.2, -0.15) is 0 Å². The van der Waals surface area contributed by atoms with Gasteiger partial charge in [0, 0.05) is 29.7 Å². The molecule has 0 aliphatic heterocycles. The average Bonchev–Trinajstić information content (AvgIpc) is 2.53. The van der Waals surface area contributed by atoms with Crippen molar-refractivity contribution in [2.45, 2.75) is 19.8 Å². The molecule has 0 heterocycles. The standard InChI is InChI=1S/C18H20BrFN2O/c1-13-12-15(6-7-16(13)19)21-11-9-18(23)22-10-8-14-4-2-3-5-17(14)20/h2-7,12,21H,8-11H2,1H3,(H,22,23). The van der Waals surface area contributed by atoms with Gasteiger partial charge in [0.05, 0.1) is 0 Å². The molecule has 2 aromatic carbocycles.